The number of nitrogens with zero attached hydrogens (tertiary/aromatic N) is 1. The molecule has 0 radical (unpaired) electrons. The molecule has 0 spiro atoms. The minimum Gasteiger partial charge on any atom is -0.271 e. The molecule has 20 heavy (non-hydrogen) atoms. The zero-order valence-corrected chi connectivity index (χ0v) is 10.6. The lowest BCUT2D eigenvalue weighted by molar-refractivity contribution is -0.135. The van der Waals surface area contributed by atoms with Gasteiger partial charge in [0.15, 0.2) is 0 Å². The number of hydrogen-bond acceptors (Lipinski definition) is 2. The second-order valence-corrected chi connectivity index (χ2v) is 4.66. The highest BCUT2D eigenvalue weighted by Crippen LogP contribution is 2.31. The SMILES string of the molecule is O=C1c2ccccc2C(F)C(=O)N1Cc1ccccc1. The average Bonchev–Trinajstić information content (AvgIpc) is 2.50. The van der Waals surface area contributed by atoms with E-state index in [0.29, 0.717) is 0 Å². The molecule has 0 aromatic heterocycles. The largest absolute Gasteiger partial charge is 0.271 e. The fourth-order valence-electron chi connectivity index (χ4n) is 2.34. The van der Waals surface area contributed by atoms with E-state index in [-0.39, 0.29) is 17.7 Å². The molecule has 1 unspecified atom stereocenters. The van der Waals surface area contributed by atoms with Crippen molar-refractivity contribution in [2.24, 2.45) is 0 Å². The first-order chi connectivity index (χ1) is 9.68. The van der Waals surface area contributed by atoms with E-state index in [1.54, 1.807) is 30.3 Å². The first-order valence-corrected chi connectivity index (χ1v) is 6.31. The molecule has 0 saturated carbocycles. The Morgan fingerprint density at radius 3 is 2.35 bits per heavy atom. The van der Waals surface area contributed by atoms with Crippen LogP contribution in [0.2, 0.25) is 0 Å². The lowest BCUT2D eigenvalue weighted by Crippen LogP contribution is -2.43. The highest BCUT2D eigenvalue weighted by atomic mass is 19.1. The number of halogens is 1. The molecule has 2 amide bonds. The zero-order valence-electron chi connectivity index (χ0n) is 10.6. The molecule has 0 fully saturated rings. The number of rotatable bonds is 2. The van der Waals surface area contributed by atoms with Crippen molar-refractivity contribution in [3.8, 4) is 0 Å². The number of hydrogen-bond donors (Lipinski definition) is 0. The molecule has 3 nitrogen and oxygen atoms in total. The molecule has 1 aliphatic heterocycles. The summed E-state index contributed by atoms with van der Waals surface area (Å²) in [7, 11) is 0. The second kappa shape index (κ2) is 4.89. The van der Waals surface area contributed by atoms with Crippen molar-refractivity contribution in [1.29, 1.82) is 0 Å². The predicted molar refractivity (Wildman–Crippen MR) is 71.6 cm³/mol. The smallest absolute Gasteiger partial charge is 0.269 e. The van der Waals surface area contributed by atoms with Crippen LogP contribution in [0.15, 0.2) is 54.6 Å². The Morgan fingerprint density at radius 1 is 0.950 bits per heavy atom. The van der Waals surface area contributed by atoms with Gasteiger partial charge in [-0.15, -0.1) is 0 Å². The maximum Gasteiger partial charge on any atom is 0.269 e. The third-order valence-corrected chi connectivity index (χ3v) is 3.38. The molecule has 0 saturated heterocycles. The number of carbonyl (C=O) groups excluding carboxylic acids is 2. The van der Waals surface area contributed by atoms with Crippen molar-refractivity contribution < 1.29 is 14.0 Å². The van der Waals surface area contributed by atoms with Gasteiger partial charge >= 0.3 is 0 Å². The minimum absolute atomic E-state index is 0.0905. The van der Waals surface area contributed by atoms with Crippen LogP contribution in [0.3, 0.4) is 0 Å². The Hall–Kier alpha value is -2.49. The molecule has 100 valence electrons. The molecule has 4 heteroatoms. The van der Waals surface area contributed by atoms with Crippen molar-refractivity contribution in [2.45, 2.75) is 12.7 Å². The average molecular weight is 269 g/mol. The third-order valence-electron chi connectivity index (χ3n) is 3.38. The Morgan fingerprint density at radius 2 is 1.60 bits per heavy atom. The van der Waals surface area contributed by atoms with Crippen molar-refractivity contribution >= 4 is 11.8 Å². The van der Waals surface area contributed by atoms with Crippen molar-refractivity contribution in [2.75, 3.05) is 0 Å². The fraction of sp³-hybridized carbons (Fsp3) is 0.125. The van der Waals surface area contributed by atoms with Gasteiger partial charge in [0.2, 0.25) is 6.17 Å². The van der Waals surface area contributed by atoms with Gasteiger partial charge in [-0.25, -0.2) is 4.39 Å². The van der Waals surface area contributed by atoms with Crippen molar-refractivity contribution in [1.82, 2.24) is 4.90 Å². The van der Waals surface area contributed by atoms with Crippen LogP contribution >= 0.6 is 0 Å². The molecular formula is C16H12FNO2. The zero-order chi connectivity index (χ0) is 14.1. The van der Waals surface area contributed by atoms with E-state index >= 15 is 0 Å². The van der Waals surface area contributed by atoms with Gasteiger partial charge in [0, 0.05) is 11.1 Å². The van der Waals surface area contributed by atoms with E-state index in [9.17, 15) is 14.0 Å². The molecule has 2 aromatic carbocycles. The highest BCUT2D eigenvalue weighted by molar-refractivity contribution is 6.10. The Balaban J connectivity index is 1.97. The standard InChI is InChI=1S/C16H12FNO2/c17-14-12-8-4-5-9-13(12)15(19)18(16(14)20)10-11-6-2-1-3-7-11/h1-9,14H,10H2. The summed E-state index contributed by atoms with van der Waals surface area (Å²) in [6, 6.07) is 15.4. The fourth-order valence-corrected chi connectivity index (χ4v) is 2.34. The summed E-state index contributed by atoms with van der Waals surface area (Å²) >= 11 is 0. The van der Waals surface area contributed by atoms with Crippen molar-refractivity contribution in [3.63, 3.8) is 0 Å². The monoisotopic (exact) mass is 269 g/mol. The predicted octanol–water partition coefficient (Wildman–Crippen LogP) is 2.88. The van der Waals surface area contributed by atoms with Gasteiger partial charge in [-0.1, -0.05) is 48.5 Å². The maximum absolute atomic E-state index is 14.2. The quantitative estimate of drug-likeness (QED) is 0.786. The van der Waals surface area contributed by atoms with Gasteiger partial charge < -0.3 is 0 Å². The lowest BCUT2D eigenvalue weighted by atomic mass is 9.96. The number of imide groups is 1. The van der Waals surface area contributed by atoms with Crippen molar-refractivity contribution in [3.05, 3.63) is 71.3 Å². The van der Waals surface area contributed by atoms with E-state index in [0.717, 1.165) is 10.5 Å². The molecule has 1 heterocycles. The molecule has 2 aromatic rings. The van der Waals surface area contributed by atoms with Gasteiger partial charge in [-0.2, -0.15) is 0 Å². The number of carbonyl (C=O) groups is 2. The van der Waals surface area contributed by atoms with Crippen LogP contribution in [-0.4, -0.2) is 16.7 Å². The molecule has 0 aliphatic carbocycles. The van der Waals surface area contributed by atoms with Crippen LogP contribution in [-0.2, 0) is 11.3 Å². The third kappa shape index (κ3) is 1.99. The van der Waals surface area contributed by atoms with Crippen LogP contribution in [0.4, 0.5) is 4.39 Å². The van der Waals surface area contributed by atoms with E-state index in [4.69, 9.17) is 0 Å². The molecule has 1 atom stereocenters. The Kier molecular flexibility index (Phi) is 3.06. The van der Waals surface area contributed by atoms with Gasteiger partial charge in [0.05, 0.1) is 6.54 Å². The summed E-state index contributed by atoms with van der Waals surface area (Å²) in [6.07, 6.45) is -1.77. The van der Waals surface area contributed by atoms with Crippen LogP contribution in [0, 0.1) is 0 Å². The Bertz CT molecular complexity index is 669. The first kappa shape index (κ1) is 12.5. The first-order valence-electron chi connectivity index (χ1n) is 6.31. The van der Waals surface area contributed by atoms with Crippen LogP contribution in [0.1, 0.15) is 27.7 Å². The topological polar surface area (TPSA) is 37.4 Å². The summed E-state index contributed by atoms with van der Waals surface area (Å²) in [4.78, 5) is 25.3. The van der Waals surface area contributed by atoms with Crippen LogP contribution in [0.5, 0.6) is 0 Å². The number of alkyl halides is 1. The minimum atomic E-state index is -1.77. The summed E-state index contributed by atoms with van der Waals surface area (Å²) in [5.41, 5.74) is 1.21. The van der Waals surface area contributed by atoms with E-state index in [2.05, 4.69) is 0 Å². The number of benzene rings is 2. The molecular weight excluding hydrogens is 257 g/mol. The molecule has 0 bridgehead atoms. The lowest BCUT2D eigenvalue weighted by Gasteiger charge is -2.28. The molecule has 1 aliphatic rings. The Labute approximate surface area is 115 Å². The van der Waals surface area contributed by atoms with Gasteiger partial charge in [0.1, 0.15) is 0 Å². The van der Waals surface area contributed by atoms with Crippen LogP contribution in [0.25, 0.3) is 0 Å². The summed E-state index contributed by atoms with van der Waals surface area (Å²) in [6.45, 7) is 0.0905. The van der Waals surface area contributed by atoms with Gasteiger partial charge in [0.25, 0.3) is 11.8 Å². The van der Waals surface area contributed by atoms with E-state index < -0.39 is 18.0 Å². The second-order valence-electron chi connectivity index (χ2n) is 4.66. The summed E-state index contributed by atoms with van der Waals surface area (Å²) in [5.74, 6) is -1.24. The normalized spacial score (nSPS) is 18.1. The van der Waals surface area contributed by atoms with Gasteiger partial charge in [-0.05, 0) is 11.6 Å². The number of amides is 2. The summed E-state index contributed by atoms with van der Waals surface area (Å²) in [5, 5.41) is 0. The number of fused-ring (bicyclic) bond motifs is 1. The molecule has 3 rings (SSSR count). The van der Waals surface area contributed by atoms with Crippen LogP contribution < -0.4 is 0 Å². The molecule has 0 N–H and O–H groups in total. The highest BCUT2D eigenvalue weighted by Gasteiger charge is 2.38. The van der Waals surface area contributed by atoms with Gasteiger partial charge in [-0.3, -0.25) is 14.5 Å². The summed E-state index contributed by atoms with van der Waals surface area (Å²) < 4.78 is 14.2. The van der Waals surface area contributed by atoms with E-state index in [1.807, 2.05) is 18.2 Å². The maximum atomic E-state index is 14.2. The van der Waals surface area contributed by atoms with E-state index in [1.165, 1.54) is 6.07 Å².